The first-order valence-electron chi connectivity index (χ1n) is 10.7. The van der Waals surface area contributed by atoms with Gasteiger partial charge in [0.25, 0.3) is 0 Å². The number of phenols is 1. The van der Waals surface area contributed by atoms with Gasteiger partial charge in [-0.25, -0.2) is 0 Å². The lowest BCUT2D eigenvalue weighted by Gasteiger charge is -2.24. The van der Waals surface area contributed by atoms with Gasteiger partial charge in [0.05, 0.1) is 19.1 Å². The van der Waals surface area contributed by atoms with Gasteiger partial charge >= 0.3 is 0 Å². The summed E-state index contributed by atoms with van der Waals surface area (Å²) in [6.07, 6.45) is 6.33. The van der Waals surface area contributed by atoms with Crippen molar-refractivity contribution in [3.63, 3.8) is 0 Å². The zero-order chi connectivity index (χ0) is 20.8. The molecule has 4 rings (SSSR count). The van der Waals surface area contributed by atoms with Gasteiger partial charge in [-0.1, -0.05) is 18.2 Å². The third kappa shape index (κ3) is 5.12. The minimum absolute atomic E-state index is 0.0244. The topological polar surface area (TPSA) is 74.2 Å². The van der Waals surface area contributed by atoms with E-state index in [0.717, 1.165) is 57.0 Å². The normalized spacial score (nSPS) is 22.8. The van der Waals surface area contributed by atoms with Gasteiger partial charge in [-0.3, -0.25) is 0 Å². The van der Waals surface area contributed by atoms with Crippen LogP contribution in [0.3, 0.4) is 0 Å². The van der Waals surface area contributed by atoms with Crippen molar-refractivity contribution in [2.45, 2.75) is 57.0 Å². The van der Waals surface area contributed by atoms with E-state index in [1.54, 1.807) is 18.2 Å². The molecule has 0 radical (unpaired) electrons. The average Bonchev–Trinajstić information content (AvgIpc) is 2.78. The maximum atomic E-state index is 11.8. The number of phenolic OH excluding ortho intramolecular Hbond substituents is 1. The molecule has 0 amide bonds. The van der Waals surface area contributed by atoms with Crippen LogP contribution in [0.15, 0.2) is 42.5 Å². The fourth-order valence-corrected chi connectivity index (χ4v) is 3.86. The van der Waals surface area contributed by atoms with Crippen LogP contribution in [0.4, 0.5) is 0 Å². The highest BCUT2D eigenvalue weighted by molar-refractivity contribution is 5.70. The van der Waals surface area contributed by atoms with E-state index in [2.05, 4.69) is 0 Å². The van der Waals surface area contributed by atoms with Gasteiger partial charge in [-0.15, -0.1) is 0 Å². The van der Waals surface area contributed by atoms with Crippen molar-refractivity contribution in [1.29, 1.82) is 0 Å². The number of aldehydes is 1. The Bertz CT molecular complexity index is 822. The summed E-state index contributed by atoms with van der Waals surface area (Å²) in [6, 6.07) is 12.4. The monoisotopic (exact) mass is 412 g/mol. The average molecular weight is 412 g/mol. The van der Waals surface area contributed by atoms with Gasteiger partial charge in [0, 0.05) is 24.5 Å². The van der Waals surface area contributed by atoms with Crippen LogP contribution < -0.4 is 9.47 Å². The molecular weight excluding hydrogens is 384 g/mol. The Balaban J connectivity index is 1.44. The number of hydrogen-bond acceptors (Lipinski definition) is 6. The Morgan fingerprint density at radius 1 is 0.867 bits per heavy atom. The lowest BCUT2D eigenvalue weighted by Crippen LogP contribution is -2.25. The fraction of sp³-hybridized carbons (Fsp3) is 0.458. The second-order valence-electron chi connectivity index (χ2n) is 7.73. The Hall–Kier alpha value is -2.57. The van der Waals surface area contributed by atoms with Crippen molar-refractivity contribution < 1.29 is 28.8 Å². The summed E-state index contributed by atoms with van der Waals surface area (Å²) in [6.45, 7) is 1.41. The number of aromatic hydroxyl groups is 1. The summed E-state index contributed by atoms with van der Waals surface area (Å²) in [4.78, 5) is 11.8. The highest BCUT2D eigenvalue weighted by atomic mass is 16.7. The first kappa shape index (κ1) is 20.7. The SMILES string of the molecule is O=CC(c1ccc(OC2CCCCO2)cc1)c1ccc(OC2CCCCO2)cc1O. The molecule has 0 aliphatic carbocycles. The highest BCUT2D eigenvalue weighted by Crippen LogP contribution is 2.34. The number of ether oxygens (including phenoxy) is 4. The smallest absolute Gasteiger partial charge is 0.199 e. The molecular formula is C24H28O6. The first-order valence-corrected chi connectivity index (χ1v) is 10.7. The molecule has 2 aliphatic rings. The van der Waals surface area contributed by atoms with Crippen LogP contribution >= 0.6 is 0 Å². The number of benzene rings is 2. The van der Waals surface area contributed by atoms with Crippen LogP contribution in [0.2, 0.25) is 0 Å². The molecule has 160 valence electrons. The third-order valence-electron chi connectivity index (χ3n) is 5.52. The van der Waals surface area contributed by atoms with Crippen molar-refractivity contribution in [2.75, 3.05) is 13.2 Å². The van der Waals surface area contributed by atoms with Gasteiger partial charge in [0.2, 0.25) is 0 Å². The van der Waals surface area contributed by atoms with Crippen molar-refractivity contribution in [1.82, 2.24) is 0 Å². The molecule has 6 heteroatoms. The van der Waals surface area contributed by atoms with Crippen LogP contribution in [0.25, 0.3) is 0 Å². The summed E-state index contributed by atoms with van der Waals surface area (Å²) in [7, 11) is 0. The van der Waals surface area contributed by atoms with E-state index in [1.165, 1.54) is 0 Å². The van der Waals surface area contributed by atoms with E-state index in [9.17, 15) is 9.90 Å². The molecule has 1 N–H and O–H groups in total. The molecule has 2 fully saturated rings. The number of carbonyl (C=O) groups excluding carboxylic acids is 1. The molecule has 2 saturated heterocycles. The van der Waals surface area contributed by atoms with E-state index < -0.39 is 5.92 Å². The zero-order valence-electron chi connectivity index (χ0n) is 17.0. The van der Waals surface area contributed by atoms with E-state index in [1.807, 2.05) is 24.3 Å². The highest BCUT2D eigenvalue weighted by Gasteiger charge is 2.21. The third-order valence-corrected chi connectivity index (χ3v) is 5.52. The van der Waals surface area contributed by atoms with Crippen molar-refractivity contribution in [2.24, 2.45) is 0 Å². The predicted molar refractivity (Wildman–Crippen MR) is 111 cm³/mol. The lowest BCUT2D eigenvalue weighted by atomic mass is 9.92. The molecule has 3 unspecified atom stereocenters. The first-order chi connectivity index (χ1) is 14.7. The molecule has 3 atom stereocenters. The summed E-state index contributed by atoms with van der Waals surface area (Å²) < 4.78 is 22.8. The van der Waals surface area contributed by atoms with E-state index in [-0.39, 0.29) is 18.3 Å². The Morgan fingerprint density at radius 2 is 1.47 bits per heavy atom. The summed E-state index contributed by atoms with van der Waals surface area (Å²) in [5.41, 5.74) is 1.31. The van der Waals surface area contributed by atoms with E-state index >= 15 is 0 Å². The second-order valence-corrected chi connectivity index (χ2v) is 7.73. The van der Waals surface area contributed by atoms with Gasteiger partial charge in [-0.2, -0.15) is 0 Å². The minimum atomic E-state index is -0.579. The van der Waals surface area contributed by atoms with Gasteiger partial charge in [0.1, 0.15) is 23.5 Å². The van der Waals surface area contributed by atoms with Crippen LogP contribution in [0, 0.1) is 0 Å². The molecule has 2 aromatic carbocycles. The van der Waals surface area contributed by atoms with Gasteiger partial charge < -0.3 is 28.8 Å². The lowest BCUT2D eigenvalue weighted by molar-refractivity contribution is -0.108. The second kappa shape index (κ2) is 9.96. The van der Waals surface area contributed by atoms with Crippen LogP contribution in [0.1, 0.15) is 55.6 Å². The van der Waals surface area contributed by atoms with Crippen LogP contribution in [-0.2, 0) is 14.3 Å². The standard InChI is InChI=1S/C24H28O6/c25-16-21(17-7-9-18(10-8-17)29-23-5-1-3-13-27-23)20-12-11-19(15-22(20)26)30-24-6-2-4-14-28-24/h7-12,15-16,21,23-24,26H,1-6,13-14H2. The molecule has 0 aromatic heterocycles. The maximum Gasteiger partial charge on any atom is 0.199 e. The van der Waals surface area contributed by atoms with Crippen molar-refractivity contribution in [3.05, 3.63) is 53.6 Å². The van der Waals surface area contributed by atoms with Crippen LogP contribution in [-0.4, -0.2) is 37.2 Å². The number of carbonyl (C=O) groups is 1. The molecule has 2 heterocycles. The van der Waals surface area contributed by atoms with E-state index in [4.69, 9.17) is 18.9 Å². The quantitative estimate of drug-likeness (QED) is 0.674. The molecule has 0 saturated carbocycles. The van der Waals surface area contributed by atoms with Crippen molar-refractivity contribution >= 4 is 6.29 Å². The van der Waals surface area contributed by atoms with Gasteiger partial charge in [0.15, 0.2) is 12.6 Å². The minimum Gasteiger partial charge on any atom is -0.507 e. The number of hydrogen-bond donors (Lipinski definition) is 1. The Labute approximate surface area is 176 Å². The molecule has 2 aromatic rings. The Morgan fingerprint density at radius 3 is 2.00 bits per heavy atom. The van der Waals surface area contributed by atoms with Crippen molar-refractivity contribution in [3.8, 4) is 17.2 Å². The largest absolute Gasteiger partial charge is 0.507 e. The summed E-state index contributed by atoms with van der Waals surface area (Å²) >= 11 is 0. The predicted octanol–water partition coefficient (Wildman–Crippen LogP) is 4.53. The maximum absolute atomic E-state index is 11.8. The zero-order valence-corrected chi connectivity index (χ0v) is 17.0. The van der Waals surface area contributed by atoms with E-state index in [0.29, 0.717) is 23.7 Å². The molecule has 6 nitrogen and oxygen atoms in total. The molecule has 2 aliphatic heterocycles. The molecule has 0 spiro atoms. The molecule has 30 heavy (non-hydrogen) atoms. The number of rotatable bonds is 7. The van der Waals surface area contributed by atoms with Crippen LogP contribution in [0.5, 0.6) is 17.2 Å². The van der Waals surface area contributed by atoms with Gasteiger partial charge in [-0.05, 0) is 49.4 Å². The fourth-order valence-electron chi connectivity index (χ4n) is 3.86. The summed E-state index contributed by atoms with van der Waals surface area (Å²) in [5.74, 6) is 0.682. The molecule has 0 bridgehead atoms. The Kier molecular flexibility index (Phi) is 6.87. The summed E-state index contributed by atoms with van der Waals surface area (Å²) in [5, 5.41) is 10.5.